The Labute approximate surface area is 146 Å². The molecule has 1 unspecified atom stereocenters. The van der Waals surface area contributed by atoms with Gasteiger partial charge < -0.3 is 10.6 Å². The molecule has 1 atom stereocenters. The summed E-state index contributed by atoms with van der Waals surface area (Å²) in [5.74, 6) is 0.599. The van der Waals surface area contributed by atoms with Gasteiger partial charge in [0.15, 0.2) is 0 Å². The van der Waals surface area contributed by atoms with Crippen LogP contribution in [-0.2, 0) is 11.3 Å². The Kier molecular flexibility index (Phi) is 6.69. The lowest BCUT2D eigenvalue weighted by Gasteiger charge is -2.09. The molecule has 130 valence electrons. The summed E-state index contributed by atoms with van der Waals surface area (Å²) in [5, 5.41) is 14.6. The van der Waals surface area contributed by atoms with Gasteiger partial charge in [0, 0.05) is 13.0 Å². The number of fused-ring (bicyclic) bond motifs is 1. The van der Waals surface area contributed by atoms with E-state index in [-0.39, 0.29) is 36.8 Å². The molecule has 1 aliphatic heterocycles. The number of hydrogen-bond acceptors (Lipinski definition) is 5. The Bertz CT molecular complexity index is 743. The Morgan fingerprint density at radius 3 is 3.00 bits per heavy atom. The highest BCUT2D eigenvalue weighted by molar-refractivity contribution is 5.85. The summed E-state index contributed by atoms with van der Waals surface area (Å²) in [6.45, 7) is 3.04. The molecule has 2 aromatic rings. The maximum Gasteiger partial charge on any atom is 0.277 e. The summed E-state index contributed by atoms with van der Waals surface area (Å²) in [4.78, 5) is 24.1. The summed E-state index contributed by atoms with van der Waals surface area (Å²) in [6.07, 6.45) is 2.41. The first-order valence-electron chi connectivity index (χ1n) is 8.04. The van der Waals surface area contributed by atoms with Gasteiger partial charge in [-0.2, -0.15) is 0 Å². The largest absolute Gasteiger partial charge is 0.356 e. The van der Waals surface area contributed by atoms with E-state index in [0.29, 0.717) is 23.4 Å². The van der Waals surface area contributed by atoms with Crippen molar-refractivity contribution in [3.8, 4) is 0 Å². The molecule has 1 aromatic carbocycles. The second-order valence-electron chi connectivity index (χ2n) is 5.88. The summed E-state index contributed by atoms with van der Waals surface area (Å²) >= 11 is 0. The highest BCUT2D eigenvalue weighted by Gasteiger charge is 2.14. The van der Waals surface area contributed by atoms with Crippen LogP contribution >= 0.6 is 12.4 Å². The molecular weight excluding hydrogens is 330 g/mol. The molecule has 0 radical (unpaired) electrons. The highest BCUT2D eigenvalue weighted by atomic mass is 35.5. The average Bonchev–Trinajstić information content (AvgIpc) is 3.08. The maximum atomic E-state index is 12.3. The first kappa shape index (κ1) is 18.4. The molecule has 3 rings (SSSR count). The van der Waals surface area contributed by atoms with Crippen molar-refractivity contribution in [3.05, 3.63) is 34.6 Å². The minimum Gasteiger partial charge on any atom is -0.356 e. The predicted octanol–water partition coefficient (Wildman–Crippen LogP) is 0.719. The summed E-state index contributed by atoms with van der Waals surface area (Å²) in [7, 11) is 0. The van der Waals surface area contributed by atoms with Crippen LogP contribution in [0.5, 0.6) is 0 Å². The zero-order valence-corrected chi connectivity index (χ0v) is 14.2. The number of nitrogens with zero attached hydrogens (tertiary/aromatic N) is 3. The molecule has 1 aliphatic rings. The van der Waals surface area contributed by atoms with Crippen molar-refractivity contribution >= 4 is 29.2 Å². The van der Waals surface area contributed by atoms with Crippen molar-refractivity contribution < 1.29 is 4.79 Å². The smallest absolute Gasteiger partial charge is 0.277 e. The first-order valence-corrected chi connectivity index (χ1v) is 8.04. The number of aryl methyl sites for hydroxylation is 1. The third-order valence-corrected chi connectivity index (χ3v) is 4.22. The van der Waals surface area contributed by atoms with E-state index in [0.717, 1.165) is 19.5 Å². The number of halogens is 1. The molecule has 8 heteroatoms. The number of aromatic nitrogens is 3. The Balaban J connectivity index is 0.00000208. The second kappa shape index (κ2) is 8.75. The van der Waals surface area contributed by atoms with Gasteiger partial charge in [-0.3, -0.25) is 9.59 Å². The zero-order chi connectivity index (χ0) is 16.1. The molecule has 24 heavy (non-hydrogen) atoms. The second-order valence-corrected chi connectivity index (χ2v) is 5.88. The van der Waals surface area contributed by atoms with Crippen LogP contribution in [-0.4, -0.2) is 40.5 Å². The SMILES string of the molecule is Cl.O=C(CCn1nnc2ccccc2c1=O)NCCC1CCNC1. The summed E-state index contributed by atoms with van der Waals surface area (Å²) < 4.78 is 1.25. The standard InChI is InChI=1S/C16H21N5O2.ClH/c22-15(18-9-6-12-5-8-17-11-12)7-10-21-16(23)13-3-1-2-4-14(13)19-20-21;/h1-4,12,17H,5-11H2,(H,18,22);1H. The van der Waals surface area contributed by atoms with Crippen LogP contribution < -0.4 is 16.2 Å². The van der Waals surface area contributed by atoms with Gasteiger partial charge in [-0.25, -0.2) is 4.68 Å². The maximum absolute atomic E-state index is 12.3. The van der Waals surface area contributed by atoms with Gasteiger partial charge in [0.05, 0.1) is 11.9 Å². The lowest BCUT2D eigenvalue weighted by molar-refractivity contribution is -0.121. The number of nitrogens with one attached hydrogen (secondary N) is 2. The topological polar surface area (TPSA) is 88.9 Å². The number of rotatable bonds is 6. The van der Waals surface area contributed by atoms with Crippen LogP contribution in [0.15, 0.2) is 29.1 Å². The molecule has 0 aliphatic carbocycles. The molecule has 2 N–H and O–H groups in total. The third-order valence-electron chi connectivity index (χ3n) is 4.22. The third kappa shape index (κ3) is 4.52. The minimum absolute atomic E-state index is 0. The van der Waals surface area contributed by atoms with E-state index < -0.39 is 0 Å². The zero-order valence-electron chi connectivity index (χ0n) is 13.4. The predicted molar refractivity (Wildman–Crippen MR) is 94.3 cm³/mol. The number of carbonyl (C=O) groups is 1. The lowest BCUT2D eigenvalue weighted by atomic mass is 10.1. The van der Waals surface area contributed by atoms with Gasteiger partial charge >= 0.3 is 0 Å². The number of benzene rings is 1. The molecular formula is C16H22ClN5O2. The van der Waals surface area contributed by atoms with Crippen LogP contribution in [0.2, 0.25) is 0 Å². The van der Waals surface area contributed by atoms with Crippen molar-refractivity contribution in [1.82, 2.24) is 25.6 Å². The molecule has 1 amide bonds. The van der Waals surface area contributed by atoms with Crippen molar-refractivity contribution in [3.63, 3.8) is 0 Å². The fourth-order valence-corrected chi connectivity index (χ4v) is 2.84. The van der Waals surface area contributed by atoms with Crippen molar-refractivity contribution in [2.45, 2.75) is 25.8 Å². The van der Waals surface area contributed by atoms with Crippen LogP contribution in [0.4, 0.5) is 0 Å². The Morgan fingerprint density at radius 2 is 2.21 bits per heavy atom. The van der Waals surface area contributed by atoms with E-state index >= 15 is 0 Å². The molecule has 0 bridgehead atoms. The summed E-state index contributed by atoms with van der Waals surface area (Å²) in [6, 6.07) is 7.08. The van der Waals surface area contributed by atoms with Crippen LogP contribution in [0.1, 0.15) is 19.3 Å². The Hall–Kier alpha value is -1.99. The van der Waals surface area contributed by atoms with Gasteiger partial charge in [0.25, 0.3) is 5.56 Å². The molecule has 2 heterocycles. The van der Waals surface area contributed by atoms with Gasteiger partial charge in [0.1, 0.15) is 5.52 Å². The van der Waals surface area contributed by atoms with E-state index in [1.54, 1.807) is 18.2 Å². The summed E-state index contributed by atoms with van der Waals surface area (Å²) in [5.41, 5.74) is 0.365. The normalized spacial score (nSPS) is 16.8. The van der Waals surface area contributed by atoms with Crippen LogP contribution in [0.25, 0.3) is 10.9 Å². The number of hydrogen-bond donors (Lipinski definition) is 2. The number of carbonyl (C=O) groups excluding carboxylic acids is 1. The Morgan fingerprint density at radius 1 is 1.38 bits per heavy atom. The fourth-order valence-electron chi connectivity index (χ4n) is 2.84. The quantitative estimate of drug-likeness (QED) is 0.800. The minimum atomic E-state index is -0.208. The molecule has 1 saturated heterocycles. The van der Waals surface area contributed by atoms with E-state index in [2.05, 4.69) is 20.9 Å². The van der Waals surface area contributed by atoms with E-state index in [1.807, 2.05) is 6.07 Å². The van der Waals surface area contributed by atoms with Crippen LogP contribution in [0, 0.1) is 5.92 Å². The molecule has 7 nitrogen and oxygen atoms in total. The van der Waals surface area contributed by atoms with Crippen molar-refractivity contribution in [1.29, 1.82) is 0 Å². The molecule has 1 aromatic heterocycles. The van der Waals surface area contributed by atoms with E-state index in [9.17, 15) is 9.59 Å². The van der Waals surface area contributed by atoms with Crippen LogP contribution in [0.3, 0.4) is 0 Å². The van der Waals surface area contributed by atoms with Gasteiger partial charge in [0.2, 0.25) is 5.91 Å². The average molecular weight is 352 g/mol. The van der Waals surface area contributed by atoms with Gasteiger partial charge in [-0.1, -0.05) is 17.3 Å². The van der Waals surface area contributed by atoms with Crippen molar-refractivity contribution in [2.75, 3.05) is 19.6 Å². The van der Waals surface area contributed by atoms with Gasteiger partial charge in [-0.05, 0) is 44.0 Å². The highest BCUT2D eigenvalue weighted by Crippen LogP contribution is 2.10. The molecule has 1 fully saturated rings. The van der Waals surface area contributed by atoms with E-state index in [1.165, 1.54) is 11.1 Å². The van der Waals surface area contributed by atoms with Crippen molar-refractivity contribution in [2.24, 2.45) is 5.92 Å². The fraction of sp³-hybridized carbons (Fsp3) is 0.500. The molecule has 0 spiro atoms. The monoisotopic (exact) mass is 351 g/mol. The molecule has 0 saturated carbocycles. The number of amides is 1. The van der Waals surface area contributed by atoms with Gasteiger partial charge in [-0.15, -0.1) is 17.5 Å². The van der Waals surface area contributed by atoms with E-state index in [4.69, 9.17) is 0 Å². The lowest BCUT2D eigenvalue weighted by Crippen LogP contribution is -2.30. The first-order chi connectivity index (χ1) is 11.2.